The number of carbonyl (C=O) groups excluding carboxylic acids is 1. The molecule has 2 aliphatic rings. The van der Waals surface area contributed by atoms with Crippen LogP contribution in [0.4, 0.5) is 0 Å². The Balaban J connectivity index is 1.87. The van der Waals surface area contributed by atoms with Gasteiger partial charge in [-0.25, -0.2) is 0 Å². The third-order valence-corrected chi connectivity index (χ3v) is 4.31. The van der Waals surface area contributed by atoms with Gasteiger partial charge in [0.15, 0.2) is 0 Å². The molecule has 4 heteroatoms. The molecule has 0 aliphatic carbocycles. The van der Waals surface area contributed by atoms with Crippen LogP contribution in [0.5, 0.6) is 0 Å². The molecule has 0 atom stereocenters. The molecule has 3 nitrogen and oxygen atoms in total. The molecule has 2 saturated heterocycles. The number of ketones is 1. The highest BCUT2D eigenvalue weighted by molar-refractivity contribution is 7.85. The first-order chi connectivity index (χ1) is 6.25. The highest BCUT2D eigenvalue weighted by atomic mass is 32.2. The highest BCUT2D eigenvalue weighted by Gasteiger charge is 2.28. The fourth-order valence-corrected chi connectivity index (χ4v) is 3.39. The van der Waals surface area contributed by atoms with E-state index in [4.69, 9.17) is 0 Å². The lowest BCUT2D eigenvalue weighted by Crippen LogP contribution is -2.38. The van der Waals surface area contributed by atoms with Gasteiger partial charge in [0.05, 0.1) is 6.54 Å². The molecule has 0 N–H and O–H groups in total. The Morgan fingerprint density at radius 3 is 2.54 bits per heavy atom. The van der Waals surface area contributed by atoms with Crippen molar-refractivity contribution in [2.24, 2.45) is 0 Å². The Kier molecular flexibility index (Phi) is 2.79. The van der Waals surface area contributed by atoms with Crippen LogP contribution < -0.4 is 0 Å². The Morgan fingerprint density at radius 1 is 1.31 bits per heavy atom. The number of likely N-dealkylation sites (tertiary alicyclic amines) is 1. The maximum atomic E-state index is 11.1. The zero-order valence-corrected chi connectivity index (χ0v) is 8.52. The average Bonchev–Trinajstić information content (AvgIpc) is 2.53. The largest absolute Gasteiger partial charge is 0.298 e. The van der Waals surface area contributed by atoms with Gasteiger partial charge < -0.3 is 0 Å². The van der Waals surface area contributed by atoms with Crippen LogP contribution in [0.25, 0.3) is 0 Å². The third-order valence-electron chi connectivity index (χ3n) is 2.93. The molecule has 2 aliphatic heterocycles. The van der Waals surface area contributed by atoms with E-state index in [-0.39, 0.29) is 0 Å². The summed E-state index contributed by atoms with van der Waals surface area (Å²) in [5, 5.41) is 0. The van der Waals surface area contributed by atoms with Crippen molar-refractivity contribution in [3.05, 3.63) is 0 Å². The maximum absolute atomic E-state index is 11.1. The van der Waals surface area contributed by atoms with Crippen LogP contribution in [0, 0.1) is 0 Å². The maximum Gasteiger partial charge on any atom is 0.148 e. The second kappa shape index (κ2) is 3.88. The second-order valence-electron chi connectivity index (χ2n) is 3.84. The minimum Gasteiger partial charge on any atom is -0.298 e. The number of hydrogen-bond acceptors (Lipinski definition) is 3. The predicted molar refractivity (Wildman–Crippen MR) is 52.1 cm³/mol. The van der Waals surface area contributed by atoms with E-state index in [0.717, 1.165) is 37.3 Å². The van der Waals surface area contributed by atoms with Gasteiger partial charge in [0.25, 0.3) is 0 Å². The Morgan fingerprint density at radius 2 is 2.00 bits per heavy atom. The summed E-state index contributed by atoms with van der Waals surface area (Å²) in [6.45, 7) is 1.56. The second-order valence-corrected chi connectivity index (χ2v) is 5.53. The van der Waals surface area contributed by atoms with Gasteiger partial charge in [0.1, 0.15) is 5.78 Å². The summed E-state index contributed by atoms with van der Waals surface area (Å²) in [7, 11) is -0.581. The van der Waals surface area contributed by atoms with E-state index in [1.807, 2.05) is 0 Å². The minimum absolute atomic E-state index is 0.367. The number of Topliss-reactive ketones (excluding diaryl/α,β-unsaturated/α-hetero) is 1. The third kappa shape index (κ3) is 2.17. The molecule has 0 radical (unpaired) electrons. The Hall–Kier alpha value is -0.220. The van der Waals surface area contributed by atoms with Crippen LogP contribution in [0.15, 0.2) is 0 Å². The van der Waals surface area contributed by atoms with Gasteiger partial charge in [-0.15, -0.1) is 0 Å². The fourth-order valence-electron chi connectivity index (χ4n) is 2.11. The van der Waals surface area contributed by atoms with Gasteiger partial charge in [-0.3, -0.25) is 13.9 Å². The van der Waals surface area contributed by atoms with Crippen molar-refractivity contribution >= 4 is 16.6 Å². The summed E-state index contributed by atoms with van der Waals surface area (Å²) in [5.41, 5.74) is 0. The molecule has 0 bridgehead atoms. The summed E-state index contributed by atoms with van der Waals surface area (Å²) >= 11 is 0. The standard InChI is InChI=1S/C9H15NO2S/c11-9-1-4-10(7-9)8-2-5-13(12)6-3-8/h8H,1-7H2. The first kappa shape index (κ1) is 9.34. The Bertz CT molecular complexity index is 232. The van der Waals surface area contributed by atoms with Crippen LogP contribution in [0.2, 0.25) is 0 Å². The molecular formula is C9H15NO2S. The van der Waals surface area contributed by atoms with E-state index >= 15 is 0 Å². The lowest BCUT2D eigenvalue weighted by atomic mass is 10.1. The van der Waals surface area contributed by atoms with Crippen molar-refractivity contribution in [2.75, 3.05) is 24.6 Å². The molecule has 0 amide bonds. The van der Waals surface area contributed by atoms with Crippen molar-refractivity contribution < 1.29 is 9.00 Å². The van der Waals surface area contributed by atoms with Gasteiger partial charge in [0.2, 0.25) is 0 Å². The summed E-state index contributed by atoms with van der Waals surface area (Å²) in [6.07, 6.45) is 2.75. The zero-order valence-electron chi connectivity index (χ0n) is 7.70. The lowest BCUT2D eigenvalue weighted by Gasteiger charge is -2.29. The molecule has 0 aromatic rings. The fraction of sp³-hybridized carbons (Fsp3) is 0.889. The van der Waals surface area contributed by atoms with Crippen LogP contribution >= 0.6 is 0 Å². The SMILES string of the molecule is O=C1CCN(C2CCS(=O)CC2)C1. The number of rotatable bonds is 1. The zero-order chi connectivity index (χ0) is 9.26. The van der Waals surface area contributed by atoms with Crippen molar-refractivity contribution in [2.45, 2.75) is 25.3 Å². The van der Waals surface area contributed by atoms with Gasteiger partial charge in [0, 0.05) is 41.3 Å². The van der Waals surface area contributed by atoms with E-state index in [1.54, 1.807) is 0 Å². The topological polar surface area (TPSA) is 37.4 Å². The molecule has 74 valence electrons. The number of nitrogens with zero attached hydrogens (tertiary/aromatic N) is 1. The summed E-state index contributed by atoms with van der Waals surface area (Å²) in [4.78, 5) is 13.3. The Labute approximate surface area is 80.9 Å². The number of hydrogen-bond donors (Lipinski definition) is 0. The average molecular weight is 201 g/mol. The van der Waals surface area contributed by atoms with E-state index in [1.165, 1.54) is 0 Å². The van der Waals surface area contributed by atoms with Crippen LogP contribution in [0.3, 0.4) is 0 Å². The first-order valence-corrected chi connectivity index (χ1v) is 6.35. The molecule has 13 heavy (non-hydrogen) atoms. The van der Waals surface area contributed by atoms with Gasteiger partial charge >= 0.3 is 0 Å². The minimum atomic E-state index is -0.581. The van der Waals surface area contributed by atoms with Gasteiger partial charge in [-0.1, -0.05) is 0 Å². The molecule has 0 aromatic heterocycles. The van der Waals surface area contributed by atoms with Crippen molar-refractivity contribution in [3.63, 3.8) is 0 Å². The normalized spacial score (nSPS) is 36.8. The molecule has 0 unspecified atom stereocenters. The van der Waals surface area contributed by atoms with Crippen molar-refractivity contribution in [1.82, 2.24) is 4.90 Å². The van der Waals surface area contributed by atoms with Crippen molar-refractivity contribution in [3.8, 4) is 0 Å². The molecule has 2 rings (SSSR count). The predicted octanol–water partition coefficient (Wildman–Crippen LogP) is 0.172. The van der Waals surface area contributed by atoms with Crippen LogP contribution in [-0.2, 0) is 15.6 Å². The molecule has 0 saturated carbocycles. The van der Waals surface area contributed by atoms with E-state index < -0.39 is 10.8 Å². The summed E-state index contributed by atoms with van der Waals surface area (Å²) < 4.78 is 11.1. The number of carbonyl (C=O) groups is 1. The highest BCUT2D eigenvalue weighted by Crippen LogP contribution is 2.19. The quantitative estimate of drug-likeness (QED) is 0.607. The molecular weight excluding hydrogens is 186 g/mol. The van der Waals surface area contributed by atoms with E-state index in [0.29, 0.717) is 18.4 Å². The summed E-state index contributed by atoms with van der Waals surface area (Å²) in [5.74, 6) is 2.02. The van der Waals surface area contributed by atoms with E-state index in [2.05, 4.69) is 4.90 Å². The molecule has 2 heterocycles. The first-order valence-electron chi connectivity index (χ1n) is 4.86. The van der Waals surface area contributed by atoms with E-state index in [9.17, 15) is 9.00 Å². The smallest absolute Gasteiger partial charge is 0.148 e. The van der Waals surface area contributed by atoms with Gasteiger partial charge in [-0.2, -0.15) is 0 Å². The lowest BCUT2D eigenvalue weighted by molar-refractivity contribution is -0.117. The van der Waals surface area contributed by atoms with Crippen LogP contribution in [-0.4, -0.2) is 45.5 Å². The molecule has 0 aromatic carbocycles. The molecule has 0 spiro atoms. The van der Waals surface area contributed by atoms with Crippen LogP contribution in [0.1, 0.15) is 19.3 Å². The van der Waals surface area contributed by atoms with Crippen molar-refractivity contribution in [1.29, 1.82) is 0 Å². The van der Waals surface area contributed by atoms with Gasteiger partial charge in [-0.05, 0) is 12.8 Å². The molecule has 2 fully saturated rings. The summed E-state index contributed by atoms with van der Waals surface area (Å²) in [6, 6.07) is 0.532. The monoisotopic (exact) mass is 201 g/mol.